The van der Waals surface area contributed by atoms with Crippen molar-refractivity contribution in [2.24, 2.45) is 0 Å². The van der Waals surface area contributed by atoms with E-state index in [-0.39, 0.29) is 0 Å². The summed E-state index contributed by atoms with van der Waals surface area (Å²) in [6.07, 6.45) is 0. The Morgan fingerprint density at radius 1 is 1.29 bits per heavy atom. The minimum atomic E-state index is 0.425. The molecule has 94 valence electrons. The van der Waals surface area contributed by atoms with E-state index in [2.05, 4.69) is 24.4 Å². The van der Waals surface area contributed by atoms with Gasteiger partial charge in [0.1, 0.15) is 0 Å². The first-order chi connectivity index (χ1) is 8.30. The molecule has 1 unspecified atom stereocenters. The van der Waals surface area contributed by atoms with Crippen molar-refractivity contribution < 1.29 is 9.47 Å². The first-order valence-corrected chi connectivity index (χ1v) is 7.01. The molecule has 17 heavy (non-hydrogen) atoms. The van der Waals surface area contributed by atoms with Crippen LogP contribution >= 0.6 is 11.8 Å². The number of hydrogen-bond donors (Lipinski definition) is 1. The molecule has 1 aromatic rings. The lowest BCUT2D eigenvalue weighted by atomic mass is 10.0. The molecule has 3 nitrogen and oxygen atoms in total. The third-order valence-electron chi connectivity index (χ3n) is 3.01. The van der Waals surface area contributed by atoms with Crippen LogP contribution in [0, 0.1) is 0 Å². The molecule has 0 saturated carbocycles. The fourth-order valence-corrected chi connectivity index (χ4v) is 3.30. The van der Waals surface area contributed by atoms with Crippen molar-refractivity contribution in [3.05, 3.63) is 23.3 Å². The Bertz CT molecular complexity index is 395. The van der Waals surface area contributed by atoms with Gasteiger partial charge in [-0.25, -0.2) is 0 Å². The van der Waals surface area contributed by atoms with Gasteiger partial charge in [-0.05, 0) is 29.8 Å². The van der Waals surface area contributed by atoms with Crippen LogP contribution in [-0.2, 0) is 5.75 Å². The smallest absolute Gasteiger partial charge is 0.161 e. The van der Waals surface area contributed by atoms with Gasteiger partial charge in [0.15, 0.2) is 11.5 Å². The molecule has 1 atom stereocenters. The van der Waals surface area contributed by atoms with Crippen LogP contribution < -0.4 is 14.8 Å². The minimum absolute atomic E-state index is 0.425. The number of nitrogens with one attached hydrogen (secondary N) is 1. The predicted octanol–water partition coefficient (Wildman–Crippen LogP) is 2.60. The van der Waals surface area contributed by atoms with Crippen LogP contribution in [0.3, 0.4) is 0 Å². The largest absolute Gasteiger partial charge is 0.493 e. The molecular formula is C13H19NO2S. The Labute approximate surface area is 107 Å². The second-order valence-corrected chi connectivity index (χ2v) is 5.06. The number of thioether (sulfide) groups is 1. The standard InChI is InChI=1S/C13H19NO2S/c1-4-14-11-8-17-7-9-5-12(15-2)13(16-3)6-10(9)11/h5-6,11,14H,4,7-8H2,1-3H3. The third-order valence-corrected chi connectivity index (χ3v) is 4.10. The maximum Gasteiger partial charge on any atom is 0.161 e. The van der Waals surface area contributed by atoms with Gasteiger partial charge in [0.05, 0.1) is 14.2 Å². The average molecular weight is 253 g/mol. The van der Waals surface area contributed by atoms with Crippen LogP contribution in [0.1, 0.15) is 24.1 Å². The zero-order valence-electron chi connectivity index (χ0n) is 10.6. The lowest BCUT2D eigenvalue weighted by Crippen LogP contribution is -2.26. The van der Waals surface area contributed by atoms with Gasteiger partial charge in [-0.3, -0.25) is 0 Å². The van der Waals surface area contributed by atoms with Gasteiger partial charge in [-0.1, -0.05) is 6.92 Å². The van der Waals surface area contributed by atoms with Gasteiger partial charge in [0.2, 0.25) is 0 Å². The van der Waals surface area contributed by atoms with E-state index in [1.807, 2.05) is 11.8 Å². The average Bonchev–Trinajstić information content (AvgIpc) is 2.38. The molecule has 2 rings (SSSR count). The predicted molar refractivity (Wildman–Crippen MR) is 72.1 cm³/mol. The summed E-state index contributed by atoms with van der Waals surface area (Å²) in [5.74, 6) is 3.82. The molecule has 0 bridgehead atoms. The quantitative estimate of drug-likeness (QED) is 0.893. The highest BCUT2D eigenvalue weighted by atomic mass is 32.2. The van der Waals surface area contributed by atoms with Gasteiger partial charge in [0, 0.05) is 17.5 Å². The Morgan fingerprint density at radius 3 is 2.65 bits per heavy atom. The number of benzene rings is 1. The van der Waals surface area contributed by atoms with E-state index in [1.165, 1.54) is 11.1 Å². The summed E-state index contributed by atoms with van der Waals surface area (Å²) in [7, 11) is 3.37. The minimum Gasteiger partial charge on any atom is -0.493 e. The molecule has 0 saturated heterocycles. The number of fused-ring (bicyclic) bond motifs is 1. The normalized spacial score (nSPS) is 18.6. The number of rotatable bonds is 4. The monoisotopic (exact) mass is 253 g/mol. The second-order valence-electron chi connectivity index (χ2n) is 4.03. The first-order valence-electron chi connectivity index (χ1n) is 5.86. The van der Waals surface area contributed by atoms with Gasteiger partial charge in [-0.2, -0.15) is 11.8 Å². The number of methoxy groups -OCH3 is 2. The summed E-state index contributed by atoms with van der Waals surface area (Å²) in [6.45, 7) is 3.12. The summed E-state index contributed by atoms with van der Waals surface area (Å²) in [6, 6.07) is 4.64. The Morgan fingerprint density at radius 2 is 2.00 bits per heavy atom. The Kier molecular flexibility index (Phi) is 4.18. The second kappa shape index (κ2) is 5.65. The molecule has 1 heterocycles. The molecule has 1 aromatic carbocycles. The SMILES string of the molecule is CCNC1CSCc2cc(OC)c(OC)cc21. The van der Waals surface area contributed by atoms with Crippen LogP contribution in [0.5, 0.6) is 11.5 Å². The molecule has 0 fully saturated rings. The fraction of sp³-hybridized carbons (Fsp3) is 0.538. The molecule has 4 heteroatoms. The molecule has 0 radical (unpaired) electrons. The van der Waals surface area contributed by atoms with Crippen molar-refractivity contribution in [1.82, 2.24) is 5.32 Å². The third kappa shape index (κ3) is 2.53. The first kappa shape index (κ1) is 12.6. The number of ether oxygens (including phenoxy) is 2. The van der Waals surface area contributed by atoms with Crippen molar-refractivity contribution in [2.75, 3.05) is 26.5 Å². The van der Waals surface area contributed by atoms with E-state index < -0.39 is 0 Å². The molecule has 1 aliphatic rings. The Hall–Kier alpha value is -0.870. The van der Waals surface area contributed by atoms with E-state index in [0.29, 0.717) is 6.04 Å². The van der Waals surface area contributed by atoms with Crippen molar-refractivity contribution in [2.45, 2.75) is 18.7 Å². The van der Waals surface area contributed by atoms with Gasteiger partial charge in [-0.15, -0.1) is 0 Å². The summed E-state index contributed by atoms with van der Waals surface area (Å²) in [4.78, 5) is 0. The van der Waals surface area contributed by atoms with Gasteiger partial charge >= 0.3 is 0 Å². The summed E-state index contributed by atoms with van der Waals surface area (Å²) < 4.78 is 10.7. The molecular weight excluding hydrogens is 234 g/mol. The van der Waals surface area contributed by atoms with Crippen molar-refractivity contribution in [3.63, 3.8) is 0 Å². The maximum absolute atomic E-state index is 5.37. The zero-order chi connectivity index (χ0) is 12.3. The maximum atomic E-state index is 5.37. The van der Waals surface area contributed by atoms with E-state index in [0.717, 1.165) is 29.5 Å². The highest BCUT2D eigenvalue weighted by Crippen LogP contribution is 2.38. The molecule has 1 aliphatic heterocycles. The lowest BCUT2D eigenvalue weighted by Gasteiger charge is -2.27. The van der Waals surface area contributed by atoms with E-state index in [1.54, 1.807) is 14.2 Å². The Balaban J connectivity index is 2.39. The van der Waals surface area contributed by atoms with Crippen molar-refractivity contribution in [3.8, 4) is 11.5 Å². The van der Waals surface area contributed by atoms with Gasteiger partial charge < -0.3 is 14.8 Å². The summed E-state index contributed by atoms with van der Waals surface area (Å²) in [5.41, 5.74) is 2.70. The van der Waals surface area contributed by atoms with Crippen LogP contribution in [0.4, 0.5) is 0 Å². The lowest BCUT2D eigenvalue weighted by molar-refractivity contribution is 0.353. The van der Waals surface area contributed by atoms with Gasteiger partial charge in [0.25, 0.3) is 0 Å². The molecule has 1 N–H and O–H groups in total. The molecule has 0 amide bonds. The van der Waals surface area contributed by atoms with E-state index >= 15 is 0 Å². The number of hydrogen-bond acceptors (Lipinski definition) is 4. The van der Waals surface area contributed by atoms with Crippen LogP contribution in [0.15, 0.2) is 12.1 Å². The van der Waals surface area contributed by atoms with Crippen LogP contribution in [0.25, 0.3) is 0 Å². The fourth-order valence-electron chi connectivity index (χ4n) is 2.18. The summed E-state index contributed by atoms with van der Waals surface area (Å²) >= 11 is 1.96. The van der Waals surface area contributed by atoms with E-state index in [9.17, 15) is 0 Å². The van der Waals surface area contributed by atoms with Crippen molar-refractivity contribution in [1.29, 1.82) is 0 Å². The van der Waals surface area contributed by atoms with Crippen LogP contribution in [-0.4, -0.2) is 26.5 Å². The molecule has 0 aliphatic carbocycles. The molecule has 0 aromatic heterocycles. The highest BCUT2D eigenvalue weighted by Gasteiger charge is 2.22. The van der Waals surface area contributed by atoms with Crippen molar-refractivity contribution >= 4 is 11.8 Å². The van der Waals surface area contributed by atoms with Crippen LogP contribution in [0.2, 0.25) is 0 Å². The zero-order valence-corrected chi connectivity index (χ0v) is 11.4. The highest BCUT2D eigenvalue weighted by molar-refractivity contribution is 7.98. The molecule has 0 spiro atoms. The topological polar surface area (TPSA) is 30.5 Å². The summed E-state index contributed by atoms with van der Waals surface area (Å²) in [5, 5.41) is 3.51. The van der Waals surface area contributed by atoms with E-state index in [4.69, 9.17) is 9.47 Å².